The van der Waals surface area contributed by atoms with Gasteiger partial charge in [-0.15, -0.1) is 0 Å². The molecular weight excluding hydrogens is 420 g/mol. The number of carbonyl (C=O) groups is 2. The van der Waals surface area contributed by atoms with Gasteiger partial charge in [0.05, 0.1) is 18.0 Å². The van der Waals surface area contributed by atoms with Gasteiger partial charge in [-0.1, -0.05) is 17.7 Å². The number of H-pyrrole nitrogens is 1. The monoisotopic (exact) mass is 450 g/mol. The van der Waals surface area contributed by atoms with E-state index in [0.29, 0.717) is 29.8 Å². The second-order valence-corrected chi connectivity index (χ2v) is 9.20. The van der Waals surface area contributed by atoms with Crippen molar-refractivity contribution in [3.63, 3.8) is 0 Å². The topological polar surface area (TPSA) is 106 Å². The SMILES string of the molecule is CCOC(=O)c1[nH]c(C)c(C(=O)CN(CCCOC)S(=O)(=O)c2ccc(C)cc2)c1C. The Hall–Kier alpha value is -2.49. The van der Waals surface area contributed by atoms with Crippen LogP contribution in [-0.4, -0.2) is 62.9 Å². The molecule has 0 amide bonds. The Balaban J connectivity index is 2.36. The van der Waals surface area contributed by atoms with E-state index >= 15 is 0 Å². The number of benzene rings is 1. The maximum Gasteiger partial charge on any atom is 0.355 e. The number of ketones is 1. The number of nitrogens with one attached hydrogen (secondary N) is 1. The first-order chi connectivity index (χ1) is 14.6. The Morgan fingerprint density at radius 3 is 2.32 bits per heavy atom. The summed E-state index contributed by atoms with van der Waals surface area (Å²) in [5.74, 6) is -0.943. The summed E-state index contributed by atoms with van der Waals surface area (Å²) in [6.45, 7) is 7.24. The summed E-state index contributed by atoms with van der Waals surface area (Å²) < 4.78 is 37.7. The molecule has 0 fully saturated rings. The smallest absolute Gasteiger partial charge is 0.355 e. The van der Waals surface area contributed by atoms with E-state index in [-0.39, 0.29) is 30.3 Å². The van der Waals surface area contributed by atoms with E-state index in [0.717, 1.165) is 9.87 Å². The lowest BCUT2D eigenvalue weighted by Gasteiger charge is -2.22. The Kier molecular flexibility index (Phi) is 8.55. The third-order valence-corrected chi connectivity index (χ3v) is 6.79. The second-order valence-electron chi connectivity index (χ2n) is 7.27. The van der Waals surface area contributed by atoms with Gasteiger partial charge in [-0.2, -0.15) is 4.31 Å². The van der Waals surface area contributed by atoms with Crippen molar-refractivity contribution in [3.05, 3.63) is 52.3 Å². The number of carbonyl (C=O) groups excluding carboxylic acids is 2. The molecule has 9 heteroatoms. The largest absolute Gasteiger partial charge is 0.461 e. The number of esters is 1. The number of nitrogens with zero attached hydrogens (tertiary/aromatic N) is 1. The van der Waals surface area contributed by atoms with Crippen LogP contribution in [0.5, 0.6) is 0 Å². The minimum Gasteiger partial charge on any atom is -0.461 e. The number of rotatable bonds is 11. The first kappa shape index (κ1) is 24.8. The van der Waals surface area contributed by atoms with Crippen LogP contribution in [0.15, 0.2) is 29.2 Å². The van der Waals surface area contributed by atoms with Crippen LogP contribution in [0.25, 0.3) is 0 Å². The van der Waals surface area contributed by atoms with Gasteiger partial charge in [0.1, 0.15) is 5.69 Å². The van der Waals surface area contributed by atoms with Crippen molar-refractivity contribution in [1.82, 2.24) is 9.29 Å². The van der Waals surface area contributed by atoms with E-state index < -0.39 is 21.8 Å². The molecular formula is C22H30N2O6S. The van der Waals surface area contributed by atoms with Gasteiger partial charge in [0.15, 0.2) is 5.78 Å². The normalized spacial score (nSPS) is 11.7. The van der Waals surface area contributed by atoms with E-state index in [9.17, 15) is 18.0 Å². The van der Waals surface area contributed by atoms with E-state index in [1.807, 2.05) is 6.92 Å². The lowest BCUT2D eigenvalue weighted by Crippen LogP contribution is -2.37. The molecule has 170 valence electrons. The average Bonchev–Trinajstić information content (AvgIpc) is 3.02. The second kappa shape index (κ2) is 10.7. The summed E-state index contributed by atoms with van der Waals surface area (Å²) in [4.78, 5) is 28.3. The summed E-state index contributed by atoms with van der Waals surface area (Å²) in [5.41, 5.74) is 2.39. The third kappa shape index (κ3) is 5.81. The predicted octanol–water partition coefficient (Wildman–Crippen LogP) is 3.03. The van der Waals surface area contributed by atoms with Crippen LogP contribution in [0.1, 0.15) is 51.0 Å². The Bertz CT molecular complexity index is 1030. The standard InChI is InChI=1S/C22H30N2O6S/c1-6-30-22(26)21-16(3)20(17(4)23-21)19(25)14-24(12-7-13-29-5)31(27,28)18-10-8-15(2)9-11-18/h8-11,23H,6-7,12-14H2,1-5H3. The molecule has 1 N–H and O–H groups in total. The van der Waals surface area contributed by atoms with Crippen molar-refractivity contribution in [2.24, 2.45) is 0 Å². The summed E-state index contributed by atoms with van der Waals surface area (Å²) >= 11 is 0. The molecule has 2 aromatic rings. The summed E-state index contributed by atoms with van der Waals surface area (Å²) in [6, 6.07) is 6.50. The molecule has 31 heavy (non-hydrogen) atoms. The highest BCUT2D eigenvalue weighted by atomic mass is 32.2. The van der Waals surface area contributed by atoms with Crippen molar-refractivity contribution in [2.45, 2.75) is 39.0 Å². The van der Waals surface area contributed by atoms with Crippen LogP contribution in [0.4, 0.5) is 0 Å². The van der Waals surface area contributed by atoms with Gasteiger partial charge < -0.3 is 14.5 Å². The number of ether oxygens (including phenoxy) is 2. The highest BCUT2D eigenvalue weighted by Gasteiger charge is 2.29. The summed E-state index contributed by atoms with van der Waals surface area (Å²) in [6.07, 6.45) is 0.439. The number of aromatic nitrogens is 1. The van der Waals surface area contributed by atoms with Crippen molar-refractivity contribution in [2.75, 3.05) is 33.4 Å². The van der Waals surface area contributed by atoms with Gasteiger partial charge in [0.25, 0.3) is 0 Å². The number of sulfonamides is 1. The molecule has 0 saturated heterocycles. The lowest BCUT2D eigenvalue weighted by molar-refractivity contribution is 0.0519. The molecule has 8 nitrogen and oxygen atoms in total. The molecule has 1 heterocycles. The Labute approximate surface area is 183 Å². The highest BCUT2D eigenvalue weighted by molar-refractivity contribution is 7.89. The molecule has 0 aliphatic rings. The summed E-state index contributed by atoms with van der Waals surface area (Å²) in [7, 11) is -2.35. The van der Waals surface area contributed by atoms with Crippen molar-refractivity contribution in [3.8, 4) is 0 Å². The molecule has 0 aliphatic carbocycles. The van der Waals surface area contributed by atoms with Crippen LogP contribution in [0.3, 0.4) is 0 Å². The Morgan fingerprint density at radius 1 is 1.10 bits per heavy atom. The van der Waals surface area contributed by atoms with Crippen LogP contribution >= 0.6 is 0 Å². The molecule has 0 spiro atoms. The highest BCUT2D eigenvalue weighted by Crippen LogP contribution is 2.22. The average molecular weight is 451 g/mol. The van der Waals surface area contributed by atoms with E-state index in [2.05, 4.69) is 4.98 Å². The van der Waals surface area contributed by atoms with E-state index in [1.54, 1.807) is 32.9 Å². The molecule has 0 saturated carbocycles. The fraction of sp³-hybridized carbons (Fsp3) is 0.455. The number of hydrogen-bond acceptors (Lipinski definition) is 6. The maximum atomic E-state index is 13.2. The maximum absolute atomic E-state index is 13.2. The van der Waals surface area contributed by atoms with Crippen molar-refractivity contribution >= 4 is 21.8 Å². The molecule has 0 bridgehead atoms. The minimum atomic E-state index is -3.89. The Morgan fingerprint density at radius 2 is 1.74 bits per heavy atom. The third-order valence-electron chi connectivity index (χ3n) is 4.93. The summed E-state index contributed by atoms with van der Waals surface area (Å²) in [5, 5.41) is 0. The number of methoxy groups -OCH3 is 1. The van der Waals surface area contributed by atoms with Crippen LogP contribution in [0, 0.1) is 20.8 Å². The minimum absolute atomic E-state index is 0.123. The molecule has 0 atom stereocenters. The van der Waals surface area contributed by atoms with Gasteiger partial charge in [-0.05, 0) is 51.8 Å². The molecule has 0 radical (unpaired) electrons. The van der Waals surface area contributed by atoms with Crippen LogP contribution < -0.4 is 0 Å². The van der Waals surface area contributed by atoms with Gasteiger partial charge in [-0.25, -0.2) is 13.2 Å². The van der Waals surface area contributed by atoms with Crippen molar-refractivity contribution < 1.29 is 27.5 Å². The van der Waals surface area contributed by atoms with E-state index in [1.165, 1.54) is 19.2 Å². The molecule has 1 aromatic carbocycles. The first-order valence-electron chi connectivity index (χ1n) is 10.1. The number of Topliss-reactive ketones (excluding diaryl/α,β-unsaturated/α-hetero) is 1. The fourth-order valence-corrected chi connectivity index (χ4v) is 4.78. The fourth-order valence-electron chi connectivity index (χ4n) is 3.34. The van der Waals surface area contributed by atoms with Gasteiger partial charge >= 0.3 is 5.97 Å². The molecule has 2 rings (SSSR count). The van der Waals surface area contributed by atoms with Crippen molar-refractivity contribution in [1.29, 1.82) is 0 Å². The molecule has 1 aromatic heterocycles. The zero-order valence-electron chi connectivity index (χ0n) is 18.6. The number of aryl methyl sites for hydroxylation is 2. The van der Waals surface area contributed by atoms with Gasteiger partial charge in [0.2, 0.25) is 10.0 Å². The molecule has 0 aliphatic heterocycles. The predicted molar refractivity (Wildman–Crippen MR) is 117 cm³/mol. The quantitative estimate of drug-likeness (QED) is 0.320. The number of aromatic amines is 1. The number of hydrogen-bond donors (Lipinski definition) is 1. The lowest BCUT2D eigenvalue weighted by atomic mass is 10.1. The van der Waals surface area contributed by atoms with Gasteiger partial charge in [-0.3, -0.25) is 4.79 Å². The zero-order valence-corrected chi connectivity index (χ0v) is 19.5. The van der Waals surface area contributed by atoms with E-state index in [4.69, 9.17) is 9.47 Å². The van der Waals surface area contributed by atoms with Crippen LogP contribution in [-0.2, 0) is 19.5 Å². The first-order valence-corrected chi connectivity index (χ1v) is 11.5. The van der Waals surface area contributed by atoms with Crippen LogP contribution in [0.2, 0.25) is 0 Å². The molecule has 0 unspecified atom stereocenters. The van der Waals surface area contributed by atoms with Gasteiger partial charge in [0, 0.05) is 31.5 Å². The zero-order chi connectivity index (χ0) is 23.2.